The fraction of sp³-hybridized carbons (Fsp3) is 0.500. The highest BCUT2D eigenvalue weighted by Gasteiger charge is 2.64. The van der Waals surface area contributed by atoms with E-state index in [1.165, 1.54) is 0 Å². The van der Waals surface area contributed by atoms with E-state index in [9.17, 15) is 4.79 Å². The van der Waals surface area contributed by atoms with Gasteiger partial charge in [0.25, 0.3) is 0 Å². The van der Waals surface area contributed by atoms with Crippen LogP contribution in [0.4, 0.5) is 5.69 Å². The third-order valence-electron chi connectivity index (χ3n) is 5.30. The van der Waals surface area contributed by atoms with Gasteiger partial charge in [0.1, 0.15) is 0 Å². The number of rotatable bonds is 1. The van der Waals surface area contributed by atoms with Crippen LogP contribution >= 0.6 is 0 Å². The van der Waals surface area contributed by atoms with Gasteiger partial charge in [-0.2, -0.15) is 0 Å². The summed E-state index contributed by atoms with van der Waals surface area (Å²) in [6, 6.07) is 9.81. The van der Waals surface area contributed by atoms with Crippen molar-refractivity contribution in [1.29, 1.82) is 0 Å². The zero-order valence-electron chi connectivity index (χ0n) is 11.2. The molecule has 2 saturated carbocycles. The van der Waals surface area contributed by atoms with E-state index >= 15 is 0 Å². The molecule has 3 rings (SSSR count). The molecule has 2 aliphatic carbocycles. The van der Waals surface area contributed by atoms with Crippen molar-refractivity contribution in [2.45, 2.75) is 33.6 Å². The first-order valence-electron chi connectivity index (χ1n) is 6.65. The molecule has 0 radical (unpaired) electrons. The minimum absolute atomic E-state index is 0.0533. The van der Waals surface area contributed by atoms with Crippen LogP contribution in [-0.2, 0) is 4.79 Å². The minimum atomic E-state index is -0.203. The molecule has 0 saturated heterocycles. The van der Waals surface area contributed by atoms with Gasteiger partial charge in [-0.3, -0.25) is 4.79 Å². The Morgan fingerprint density at radius 1 is 1.17 bits per heavy atom. The quantitative estimate of drug-likeness (QED) is 0.735. The van der Waals surface area contributed by atoms with Gasteiger partial charge in [0.15, 0.2) is 5.78 Å². The van der Waals surface area contributed by atoms with Gasteiger partial charge >= 0.3 is 0 Å². The summed E-state index contributed by atoms with van der Waals surface area (Å²) in [5.41, 5.74) is 1.55. The summed E-state index contributed by atoms with van der Waals surface area (Å²) in [4.78, 5) is 17.2. The van der Waals surface area contributed by atoms with E-state index in [1.807, 2.05) is 30.3 Å². The van der Waals surface area contributed by atoms with Crippen molar-refractivity contribution in [2.75, 3.05) is 0 Å². The number of nitrogens with zero attached hydrogens (tertiary/aromatic N) is 1. The average Bonchev–Trinajstić information content (AvgIpc) is 2.65. The number of carbonyl (C=O) groups excluding carboxylic acids is 1. The van der Waals surface area contributed by atoms with Crippen LogP contribution in [0.25, 0.3) is 0 Å². The molecule has 2 fully saturated rings. The second-order valence-electron chi connectivity index (χ2n) is 6.31. The van der Waals surface area contributed by atoms with Gasteiger partial charge < -0.3 is 0 Å². The average molecular weight is 241 g/mol. The normalized spacial score (nSPS) is 35.4. The van der Waals surface area contributed by atoms with Gasteiger partial charge in [0.05, 0.1) is 11.4 Å². The molecule has 0 N–H and O–H groups in total. The molecule has 0 unspecified atom stereocenters. The lowest BCUT2D eigenvalue weighted by atomic mass is 9.70. The lowest BCUT2D eigenvalue weighted by Gasteiger charge is -2.31. The van der Waals surface area contributed by atoms with Crippen LogP contribution in [0.3, 0.4) is 0 Å². The Morgan fingerprint density at radius 3 is 2.39 bits per heavy atom. The molecular weight excluding hydrogens is 222 g/mol. The van der Waals surface area contributed by atoms with Crippen molar-refractivity contribution in [3.05, 3.63) is 30.3 Å². The largest absolute Gasteiger partial charge is 0.292 e. The monoisotopic (exact) mass is 241 g/mol. The van der Waals surface area contributed by atoms with E-state index < -0.39 is 0 Å². The zero-order valence-corrected chi connectivity index (χ0v) is 11.2. The number of hydrogen-bond acceptors (Lipinski definition) is 2. The van der Waals surface area contributed by atoms with Crippen LogP contribution < -0.4 is 0 Å². The summed E-state index contributed by atoms with van der Waals surface area (Å²) in [5.74, 6) is 0.600. The molecule has 18 heavy (non-hydrogen) atoms. The third-order valence-corrected chi connectivity index (χ3v) is 5.30. The maximum Gasteiger partial charge on any atom is 0.183 e. The van der Waals surface area contributed by atoms with Crippen LogP contribution in [0, 0.1) is 16.7 Å². The number of carbonyl (C=O) groups is 1. The molecule has 2 aliphatic rings. The standard InChI is InChI=1S/C16H19NO/c1-15(2)12-9-10-16(15,3)14(18)13(12)17-11-7-5-4-6-8-11/h4-8,12H,9-10H2,1-3H3/t12-,16+/m1/s1. The van der Waals surface area contributed by atoms with Crippen molar-refractivity contribution in [3.63, 3.8) is 0 Å². The van der Waals surface area contributed by atoms with Gasteiger partial charge in [-0.05, 0) is 30.4 Å². The number of Topliss-reactive ketones (excluding diaryl/α,β-unsaturated/α-hetero) is 1. The molecule has 0 aliphatic heterocycles. The van der Waals surface area contributed by atoms with Crippen LogP contribution in [0.2, 0.25) is 0 Å². The highest BCUT2D eigenvalue weighted by Crippen LogP contribution is 2.62. The summed E-state index contributed by atoms with van der Waals surface area (Å²) < 4.78 is 0. The Morgan fingerprint density at radius 2 is 1.83 bits per heavy atom. The Bertz CT molecular complexity index is 529. The van der Waals surface area contributed by atoms with E-state index in [4.69, 9.17) is 0 Å². The predicted octanol–water partition coefficient (Wildman–Crippen LogP) is 3.78. The van der Waals surface area contributed by atoms with Crippen molar-refractivity contribution in [2.24, 2.45) is 21.7 Å². The first-order valence-corrected chi connectivity index (χ1v) is 6.65. The van der Waals surface area contributed by atoms with E-state index in [0.717, 1.165) is 24.2 Å². The van der Waals surface area contributed by atoms with Crippen LogP contribution in [0.15, 0.2) is 35.3 Å². The number of benzene rings is 1. The van der Waals surface area contributed by atoms with Crippen molar-refractivity contribution < 1.29 is 4.79 Å². The molecular formula is C16H19NO. The van der Waals surface area contributed by atoms with Crippen LogP contribution in [0.1, 0.15) is 33.6 Å². The Balaban J connectivity index is 2.07. The first-order chi connectivity index (χ1) is 8.47. The van der Waals surface area contributed by atoms with Gasteiger partial charge in [0, 0.05) is 11.3 Å². The van der Waals surface area contributed by atoms with Crippen molar-refractivity contribution >= 4 is 17.2 Å². The fourth-order valence-corrected chi connectivity index (χ4v) is 3.60. The Hall–Kier alpha value is -1.44. The predicted molar refractivity (Wildman–Crippen MR) is 73.2 cm³/mol. The van der Waals surface area contributed by atoms with Crippen LogP contribution in [0.5, 0.6) is 0 Å². The third kappa shape index (κ3) is 1.29. The molecule has 2 heteroatoms. The summed E-state index contributed by atoms with van der Waals surface area (Å²) in [5, 5.41) is 0. The van der Waals surface area contributed by atoms with E-state index in [-0.39, 0.29) is 16.6 Å². The number of hydrogen-bond donors (Lipinski definition) is 0. The van der Waals surface area contributed by atoms with Gasteiger partial charge in [-0.15, -0.1) is 0 Å². The van der Waals surface area contributed by atoms with Gasteiger partial charge in [0.2, 0.25) is 0 Å². The van der Waals surface area contributed by atoms with Crippen molar-refractivity contribution in [1.82, 2.24) is 0 Å². The topological polar surface area (TPSA) is 29.4 Å². The van der Waals surface area contributed by atoms with E-state index in [2.05, 4.69) is 25.8 Å². The number of aliphatic imine (C=N–C) groups is 1. The molecule has 2 bridgehead atoms. The number of para-hydroxylation sites is 1. The van der Waals surface area contributed by atoms with Crippen LogP contribution in [-0.4, -0.2) is 11.5 Å². The summed E-state index contributed by atoms with van der Waals surface area (Å²) in [6.45, 7) is 6.55. The second-order valence-corrected chi connectivity index (χ2v) is 6.31. The molecule has 0 heterocycles. The highest BCUT2D eigenvalue weighted by molar-refractivity contribution is 6.46. The molecule has 0 spiro atoms. The maximum atomic E-state index is 12.6. The number of fused-ring (bicyclic) bond motifs is 2. The molecule has 2 nitrogen and oxygen atoms in total. The number of ketones is 1. The maximum absolute atomic E-state index is 12.6. The molecule has 0 aromatic heterocycles. The Labute approximate surface area is 108 Å². The molecule has 94 valence electrons. The molecule has 1 aromatic carbocycles. The lowest BCUT2D eigenvalue weighted by molar-refractivity contribution is -0.123. The summed E-state index contributed by atoms with van der Waals surface area (Å²) in [6.07, 6.45) is 2.11. The minimum Gasteiger partial charge on any atom is -0.292 e. The zero-order chi connectivity index (χ0) is 13.0. The van der Waals surface area contributed by atoms with Crippen molar-refractivity contribution in [3.8, 4) is 0 Å². The fourth-order valence-electron chi connectivity index (χ4n) is 3.60. The van der Waals surface area contributed by atoms with Gasteiger partial charge in [-0.1, -0.05) is 39.0 Å². The molecule has 0 amide bonds. The molecule has 1 aromatic rings. The molecule has 2 atom stereocenters. The van der Waals surface area contributed by atoms with Gasteiger partial charge in [-0.25, -0.2) is 4.99 Å². The first kappa shape index (κ1) is 11.6. The summed E-state index contributed by atoms with van der Waals surface area (Å²) in [7, 11) is 0. The summed E-state index contributed by atoms with van der Waals surface area (Å²) >= 11 is 0. The second kappa shape index (κ2) is 3.53. The Kier molecular flexibility index (Phi) is 2.28. The SMILES string of the molecule is CC1(C)[C@@H]2CC[C@@]1(C)C(=O)C2=Nc1ccccc1. The smallest absolute Gasteiger partial charge is 0.183 e. The lowest BCUT2D eigenvalue weighted by Crippen LogP contribution is -2.33. The van der Waals surface area contributed by atoms with E-state index in [1.54, 1.807) is 0 Å². The highest BCUT2D eigenvalue weighted by atomic mass is 16.1. The van der Waals surface area contributed by atoms with E-state index in [0.29, 0.717) is 5.92 Å².